The number of piperidine rings is 1. The van der Waals surface area contributed by atoms with Gasteiger partial charge in [-0.25, -0.2) is 4.98 Å². The molecule has 200 valence electrons. The van der Waals surface area contributed by atoms with E-state index in [2.05, 4.69) is 31.1 Å². The molecular weight excluding hydrogens is 571 g/mol. The van der Waals surface area contributed by atoms with E-state index in [0.29, 0.717) is 16.6 Å². The molecule has 1 aromatic carbocycles. The number of H-pyrrole nitrogens is 1. The third-order valence-corrected chi connectivity index (χ3v) is 7.36. The summed E-state index contributed by atoms with van der Waals surface area (Å²) in [5.74, 6) is -1.47. The molecule has 0 unspecified atom stereocenters. The highest BCUT2D eigenvalue weighted by atomic mass is 79.9. The second kappa shape index (κ2) is 9.89. The first-order valence-electron chi connectivity index (χ1n) is 11.8. The number of alkyl halides is 3. The Morgan fingerprint density at radius 3 is 2.63 bits per heavy atom. The van der Waals surface area contributed by atoms with Crippen molar-refractivity contribution in [3.05, 3.63) is 52.8 Å². The Kier molecular flexibility index (Phi) is 6.75. The summed E-state index contributed by atoms with van der Waals surface area (Å²) in [7, 11) is 0. The fourth-order valence-corrected chi connectivity index (χ4v) is 5.39. The lowest BCUT2D eigenvalue weighted by Crippen LogP contribution is -2.57. The number of aromatic nitrogens is 3. The van der Waals surface area contributed by atoms with Crippen LogP contribution >= 0.6 is 15.9 Å². The Hall–Kier alpha value is -3.68. The Morgan fingerprint density at radius 1 is 1.16 bits per heavy atom. The number of benzene rings is 1. The van der Waals surface area contributed by atoms with E-state index in [4.69, 9.17) is 0 Å². The molecule has 2 aromatic heterocycles. The SMILES string of the molecule is O=C(CN1CN(c2cccc(Br)c2)C2(CCN(C(=O)c3cnc4[nH]ncc4c3)CC2)C1=O)NCC(F)(F)F. The summed E-state index contributed by atoms with van der Waals surface area (Å²) in [4.78, 5) is 48.1. The van der Waals surface area contributed by atoms with Crippen LogP contribution in [0, 0.1) is 0 Å². The first-order chi connectivity index (χ1) is 18.1. The summed E-state index contributed by atoms with van der Waals surface area (Å²) in [5, 5.41) is 9.19. The highest BCUT2D eigenvalue weighted by Crippen LogP contribution is 2.40. The van der Waals surface area contributed by atoms with Gasteiger partial charge in [0.15, 0.2) is 5.65 Å². The first kappa shape index (κ1) is 25.9. The molecule has 2 N–H and O–H groups in total. The second-order valence-electron chi connectivity index (χ2n) is 9.30. The molecule has 0 radical (unpaired) electrons. The maximum Gasteiger partial charge on any atom is 0.405 e. The van der Waals surface area contributed by atoms with Crippen molar-refractivity contribution < 1.29 is 27.6 Å². The van der Waals surface area contributed by atoms with E-state index in [1.54, 1.807) is 17.2 Å². The zero-order chi connectivity index (χ0) is 27.1. The number of fused-ring (bicyclic) bond motifs is 1. The lowest BCUT2D eigenvalue weighted by molar-refractivity contribution is -0.142. The molecule has 3 aromatic rings. The molecule has 0 saturated carbocycles. The van der Waals surface area contributed by atoms with Crippen LogP contribution in [0.4, 0.5) is 18.9 Å². The largest absolute Gasteiger partial charge is 0.405 e. The third-order valence-electron chi connectivity index (χ3n) is 6.87. The van der Waals surface area contributed by atoms with Gasteiger partial charge in [-0.3, -0.25) is 19.5 Å². The van der Waals surface area contributed by atoms with Crippen LogP contribution in [0.15, 0.2) is 47.2 Å². The van der Waals surface area contributed by atoms with Crippen molar-refractivity contribution in [2.75, 3.05) is 37.7 Å². The number of rotatable bonds is 5. The number of anilines is 1. The molecular formula is C24H23BrF3N7O3. The average Bonchev–Trinajstić information content (AvgIpc) is 3.46. The average molecular weight is 594 g/mol. The molecule has 0 aliphatic carbocycles. The molecule has 0 bridgehead atoms. The molecule has 10 nitrogen and oxygen atoms in total. The first-order valence-corrected chi connectivity index (χ1v) is 12.6. The van der Waals surface area contributed by atoms with Gasteiger partial charge in [0.2, 0.25) is 5.91 Å². The Morgan fingerprint density at radius 2 is 1.92 bits per heavy atom. The minimum absolute atomic E-state index is 0.0315. The number of pyridine rings is 1. The maximum atomic E-state index is 13.7. The van der Waals surface area contributed by atoms with Gasteiger partial charge < -0.3 is 20.0 Å². The summed E-state index contributed by atoms with van der Waals surface area (Å²) in [6.07, 6.45) is -0.927. The van der Waals surface area contributed by atoms with Crippen molar-refractivity contribution >= 4 is 50.4 Å². The van der Waals surface area contributed by atoms with E-state index in [-0.39, 0.29) is 44.4 Å². The summed E-state index contributed by atoms with van der Waals surface area (Å²) < 4.78 is 38.4. The molecule has 2 aliphatic rings. The molecule has 4 heterocycles. The van der Waals surface area contributed by atoms with Gasteiger partial charge in [0.25, 0.3) is 11.8 Å². The Labute approximate surface area is 223 Å². The van der Waals surface area contributed by atoms with Gasteiger partial charge in [-0.15, -0.1) is 0 Å². The minimum atomic E-state index is -4.55. The van der Waals surface area contributed by atoms with Gasteiger partial charge in [0.1, 0.15) is 18.6 Å². The summed E-state index contributed by atoms with van der Waals surface area (Å²) >= 11 is 3.44. The van der Waals surface area contributed by atoms with Crippen LogP contribution in [-0.2, 0) is 9.59 Å². The van der Waals surface area contributed by atoms with E-state index in [1.807, 2.05) is 34.5 Å². The number of hydrogen-bond acceptors (Lipinski definition) is 6. The highest BCUT2D eigenvalue weighted by Gasteiger charge is 2.54. The van der Waals surface area contributed by atoms with Crippen molar-refractivity contribution in [3.8, 4) is 0 Å². The summed E-state index contributed by atoms with van der Waals surface area (Å²) in [6.45, 7) is -1.39. The molecule has 2 fully saturated rings. The minimum Gasteiger partial charge on any atom is -0.345 e. The number of carbonyl (C=O) groups is 3. The standard InChI is InChI=1S/C24H23BrF3N7O3/c25-17-2-1-3-18(9-17)35-14-34(12-19(36)30-13-24(26,27)28)22(38)23(35)4-6-33(7-5-23)21(37)16-8-15-11-31-32-20(15)29-10-16/h1-3,8-11H,4-7,12-14H2,(H,30,36)(H,29,31,32). The molecule has 0 atom stereocenters. The maximum absolute atomic E-state index is 13.7. The van der Waals surface area contributed by atoms with Gasteiger partial charge >= 0.3 is 6.18 Å². The van der Waals surface area contributed by atoms with E-state index in [0.717, 1.165) is 10.2 Å². The van der Waals surface area contributed by atoms with Gasteiger partial charge in [0.05, 0.1) is 18.4 Å². The van der Waals surface area contributed by atoms with Crippen molar-refractivity contribution in [2.45, 2.75) is 24.6 Å². The molecule has 2 saturated heterocycles. The lowest BCUT2D eigenvalue weighted by Gasteiger charge is -2.43. The Balaban J connectivity index is 1.35. The van der Waals surface area contributed by atoms with Crippen LogP contribution in [0.2, 0.25) is 0 Å². The molecule has 38 heavy (non-hydrogen) atoms. The van der Waals surface area contributed by atoms with E-state index in [1.165, 1.54) is 11.1 Å². The van der Waals surface area contributed by atoms with E-state index in [9.17, 15) is 27.6 Å². The number of aromatic amines is 1. The molecule has 1 spiro atoms. The van der Waals surface area contributed by atoms with Gasteiger partial charge in [0, 0.05) is 34.8 Å². The number of carbonyl (C=O) groups excluding carboxylic acids is 3. The zero-order valence-corrected chi connectivity index (χ0v) is 21.5. The fourth-order valence-electron chi connectivity index (χ4n) is 5.00. The van der Waals surface area contributed by atoms with Crippen molar-refractivity contribution in [2.24, 2.45) is 0 Å². The van der Waals surface area contributed by atoms with Gasteiger partial charge in [-0.1, -0.05) is 22.0 Å². The van der Waals surface area contributed by atoms with Gasteiger partial charge in [-0.2, -0.15) is 18.3 Å². The molecule has 14 heteroatoms. The van der Waals surface area contributed by atoms with Crippen LogP contribution in [0.25, 0.3) is 11.0 Å². The number of amides is 3. The van der Waals surface area contributed by atoms with Crippen molar-refractivity contribution in [3.63, 3.8) is 0 Å². The quantitative estimate of drug-likeness (QED) is 0.470. The predicted octanol–water partition coefficient (Wildman–Crippen LogP) is 2.68. The summed E-state index contributed by atoms with van der Waals surface area (Å²) in [6, 6.07) is 9.02. The van der Waals surface area contributed by atoms with Crippen LogP contribution in [0.1, 0.15) is 23.2 Å². The van der Waals surface area contributed by atoms with Crippen LogP contribution < -0.4 is 10.2 Å². The molecule has 2 aliphatic heterocycles. The number of nitrogens with zero attached hydrogens (tertiary/aromatic N) is 5. The third kappa shape index (κ3) is 5.04. The van der Waals surface area contributed by atoms with Crippen molar-refractivity contribution in [1.29, 1.82) is 0 Å². The number of hydrogen-bond donors (Lipinski definition) is 2. The van der Waals surface area contributed by atoms with E-state index >= 15 is 0 Å². The van der Waals surface area contributed by atoms with Crippen LogP contribution in [-0.4, -0.2) is 87.3 Å². The smallest absolute Gasteiger partial charge is 0.345 e. The normalized spacial score (nSPS) is 17.5. The lowest BCUT2D eigenvalue weighted by atomic mass is 9.85. The zero-order valence-electron chi connectivity index (χ0n) is 20.0. The molecule has 3 amide bonds. The van der Waals surface area contributed by atoms with Crippen LogP contribution in [0.3, 0.4) is 0 Å². The number of likely N-dealkylation sites (tertiary alicyclic amines) is 1. The van der Waals surface area contributed by atoms with E-state index < -0.39 is 30.7 Å². The predicted molar refractivity (Wildman–Crippen MR) is 134 cm³/mol. The molecule has 5 rings (SSSR count). The van der Waals surface area contributed by atoms with Crippen LogP contribution in [0.5, 0.6) is 0 Å². The summed E-state index contributed by atoms with van der Waals surface area (Å²) in [5.41, 5.74) is 0.647. The van der Waals surface area contributed by atoms with Crippen molar-refractivity contribution in [1.82, 2.24) is 30.3 Å². The Bertz CT molecular complexity index is 1390. The highest BCUT2D eigenvalue weighted by molar-refractivity contribution is 9.10. The fraction of sp³-hybridized carbons (Fsp3) is 0.375. The van der Waals surface area contributed by atoms with Gasteiger partial charge in [-0.05, 0) is 37.1 Å². The number of halogens is 4. The number of nitrogens with one attached hydrogen (secondary N) is 2. The monoisotopic (exact) mass is 593 g/mol. The second-order valence-corrected chi connectivity index (χ2v) is 10.2. The topological polar surface area (TPSA) is 115 Å².